The van der Waals surface area contributed by atoms with Crippen molar-refractivity contribution in [2.45, 2.75) is 44.2 Å². The van der Waals surface area contributed by atoms with Gasteiger partial charge in [0.15, 0.2) is 0 Å². The minimum Gasteiger partial charge on any atom is -0.417 e. The van der Waals surface area contributed by atoms with Crippen molar-refractivity contribution in [1.82, 2.24) is 15.1 Å². The van der Waals surface area contributed by atoms with Crippen molar-refractivity contribution in [1.29, 1.82) is 0 Å². The van der Waals surface area contributed by atoms with Crippen LogP contribution in [0.4, 0.5) is 13.2 Å². The Morgan fingerprint density at radius 3 is 2.48 bits per heavy atom. The number of piperidine rings is 1. The SMILES string of the molecule is O=C([C@H]1CC=CCC1)N1CCC(c2nnc(C(F)(F)F)o2)CC1. The topological polar surface area (TPSA) is 59.2 Å². The smallest absolute Gasteiger partial charge is 0.417 e. The van der Waals surface area contributed by atoms with Crippen LogP contribution in [0.2, 0.25) is 0 Å². The Bertz CT molecular complexity index is 589. The number of amides is 1. The van der Waals surface area contributed by atoms with Gasteiger partial charge in [0.2, 0.25) is 11.8 Å². The molecule has 0 radical (unpaired) electrons. The van der Waals surface area contributed by atoms with E-state index >= 15 is 0 Å². The van der Waals surface area contributed by atoms with Gasteiger partial charge in [-0.25, -0.2) is 0 Å². The van der Waals surface area contributed by atoms with E-state index < -0.39 is 12.1 Å². The fourth-order valence-corrected chi connectivity index (χ4v) is 3.14. The van der Waals surface area contributed by atoms with Gasteiger partial charge >= 0.3 is 12.1 Å². The number of aromatic nitrogens is 2. The largest absolute Gasteiger partial charge is 0.470 e. The van der Waals surface area contributed by atoms with Crippen LogP contribution in [-0.4, -0.2) is 34.1 Å². The fraction of sp³-hybridized carbons (Fsp3) is 0.667. The molecule has 3 rings (SSSR count). The molecule has 2 heterocycles. The molecule has 0 bridgehead atoms. The predicted octanol–water partition coefficient (Wildman–Crippen LogP) is 3.15. The molecule has 0 N–H and O–H groups in total. The molecule has 126 valence electrons. The zero-order chi connectivity index (χ0) is 16.4. The number of rotatable bonds is 2. The molecule has 1 aromatic heterocycles. The van der Waals surface area contributed by atoms with Gasteiger partial charge < -0.3 is 9.32 Å². The number of carbonyl (C=O) groups excluding carboxylic acids is 1. The third-order valence-corrected chi connectivity index (χ3v) is 4.46. The average molecular weight is 329 g/mol. The quantitative estimate of drug-likeness (QED) is 0.782. The monoisotopic (exact) mass is 329 g/mol. The second-order valence-corrected chi connectivity index (χ2v) is 6.02. The van der Waals surface area contributed by atoms with Gasteiger partial charge in [0, 0.05) is 24.9 Å². The first-order chi connectivity index (χ1) is 10.9. The molecule has 1 aliphatic heterocycles. The predicted molar refractivity (Wildman–Crippen MR) is 74.3 cm³/mol. The first-order valence-corrected chi connectivity index (χ1v) is 7.79. The van der Waals surface area contributed by atoms with Gasteiger partial charge in [-0.15, -0.1) is 10.2 Å². The Balaban J connectivity index is 1.57. The highest BCUT2D eigenvalue weighted by atomic mass is 19.4. The summed E-state index contributed by atoms with van der Waals surface area (Å²) in [6.07, 6.45) is 3.18. The molecule has 1 fully saturated rings. The third kappa shape index (κ3) is 3.56. The Morgan fingerprint density at radius 1 is 1.17 bits per heavy atom. The maximum absolute atomic E-state index is 12.5. The van der Waals surface area contributed by atoms with Crippen LogP contribution in [-0.2, 0) is 11.0 Å². The molecule has 0 aromatic carbocycles. The van der Waals surface area contributed by atoms with Gasteiger partial charge in [0.25, 0.3) is 0 Å². The van der Waals surface area contributed by atoms with E-state index in [4.69, 9.17) is 4.42 Å². The summed E-state index contributed by atoms with van der Waals surface area (Å²) in [5, 5.41) is 6.58. The van der Waals surface area contributed by atoms with Gasteiger partial charge in [-0.3, -0.25) is 4.79 Å². The number of allylic oxidation sites excluding steroid dienone is 2. The summed E-state index contributed by atoms with van der Waals surface area (Å²) in [5.41, 5.74) is 0. The normalized spacial score (nSPS) is 23.3. The lowest BCUT2D eigenvalue weighted by Crippen LogP contribution is -2.41. The van der Waals surface area contributed by atoms with Crippen LogP contribution in [0, 0.1) is 5.92 Å². The molecule has 1 saturated heterocycles. The molecule has 1 aromatic rings. The standard InChI is InChI=1S/C15H18F3N3O2/c16-15(17,18)14-20-19-12(23-14)10-6-8-21(9-7-10)13(22)11-4-2-1-3-5-11/h1-2,10-11H,3-9H2/t11-/m0/s1. The van der Waals surface area contributed by atoms with Crippen molar-refractivity contribution in [3.05, 3.63) is 23.9 Å². The first-order valence-electron chi connectivity index (χ1n) is 7.79. The van der Waals surface area contributed by atoms with Crippen molar-refractivity contribution >= 4 is 5.91 Å². The fourth-order valence-electron chi connectivity index (χ4n) is 3.14. The van der Waals surface area contributed by atoms with E-state index in [1.807, 2.05) is 6.08 Å². The summed E-state index contributed by atoms with van der Waals surface area (Å²) in [7, 11) is 0. The van der Waals surface area contributed by atoms with E-state index in [2.05, 4.69) is 16.3 Å². The molecular formula is C15H18F3N3O2. The summed E-state index contributed by atoms with van der Waals surface area (Å²) < 4.78 is 42.2. The van der Waals surface area contributed by atoms with Gasteiger partial charge in [0.1, 0.15) is 0 Å². The third-order valence-electron chi connectivity index (χ3n) is 4.46. The first kappa shape index (κ1) is 16.0. The van der Waals surface area contributed by atoms with Gasteiger partial charge in [-0.2, -0.15) is 13.2 Å². The summed E-state index contributed by atoms with van der Waals surface area (Å²) in [4.78, 5) is 14.2. The lowest BCUT2D eigenvalue weighted by atomic mass is 9.91. The van der Waals surface area contributed by atoms with Crippen LogP contribution in [0.5, 0.6) is 0 Å². The number of halogens is 3. The minimum atomic E-state index is -4.61. The Morgan fingerprint density at radius 2 is 1.91 bits per heavy atom. The lowest BCUT2D eigenvalue weighted by molar-refractivity contribution is -0.157. The molecule has 23 heavy (non-hydrogen) atoms. The van der Waals surface area contributed by atoms with E-state index in [1.165, 1.54) is 0 Å². The molecule has 2 aliphatic rings. The Labute approximate surface area is 131 Å². The molecule has 1 atom stereocenters. The number of hydrogen-bond donors (Lipinski definition) is 0. The second kappa shape index (κ2) is 6.33. The van der Waals surface area contributed by atoms with E-state index in [-0.39, 0.29) is 23.6 Å². The molecule has 0 spiro atoms. The molecule has 0 unspecified atom stereocenters. The molecular weight excluding hydrogens is 311 g/mol. The highest BCUT2D eigenvalue weighted by Crippen LogP contribution is 2.33. The van der Waals surface area contributed by atoms with Crippen molar-refractivity contribution < 1.29 is 22.4 Å². The Kier molecular flexibility index (Phi) is 4.41. The second-order valence-electron chi connectivity index (χ2n) is 6.02. The zero-order valence-electron chi connectivity index (χ0n) is 12.6. The number of carbonyl (C=O) groups is 1. The molecule has 0 saturated carbocycles. The number of likely N-dealkylation sites (tertiary alicyclic amines) is 1. The van der Waals surface area contributed by atoms with Crippen LogP contribution in [0.15, 0.2) is 16.6 Å². The van der Waals surface area contributed by atoms with Crippen molar-refractivity contribution in [2.75, 3.05) is 13.1 Å². The highest BCUT2D eigenvalue weighted by Gasteiger charge is 2.39. The molecule has 1 amide bonds. The van der Waals surface area contributed by atoms with Crippen LogP contribution < -0.4 is 0 Å². The van der Waals surface area contributed by atoms with Crippen molar-refractivity contribution in [2.24, 2.45) is 5.92 Å². The van der Waals surface area contributed by atoms with Crippen LogP contribution >= 0.6 is 0 Å². The highest BCUT2D eigenvalue weighted by molar-refractivity contribution is 5.79. The lowest BCUT2D eigenvalue weighted by Gasteiger charge is -2.33. The van der Waals surface area contributed by atoms with Crippen LogP contribution in [0.3, 0.4) is 0 Å². The Hall–Kier alpha value is -1.86. The van der Waals surface area contributed by atoms with E-state index in [9.17, 15) is 18.0 Å². The maximum Gasteiger partial charge on any atom is 0.470 e. The van der Waals surface area contributed by atoms with Crippen LogP contribution in [0.25, 0.3) is 0 Å². The molecule has 1 aliphatic carbocycles. The number of nitrogens with zero attached hydrogens (tertiary/aromatic N) is 3. The van der Waals surface area contributed by atoms with E-state index in [0.717, 1.165) is 19.3 Å². The summed E-state index contributed by atoms with van der Waals surface area (Å²) in [5.74, 6) is -1.31. The van der Waals surface area contributed by atoms with Crippen LogP contribution in [0.1, 0.15) is 49.8 Å². The zero-order valence-corrected chi connectivity index (χ0v) is 12.6. The summed E-state index contributed by atoms with van der Waals surface area (Å²) in [6.45, 7) is 1.04. The summed E-state index contributed by atoms with van der Waals surface area (Å²) in [6, 6.07) is 0. The van der Waals surface area contributed by atoms with Gasteiger partial charge in [-0.1, -0.05) is 12.2 Å². The van der Waals surface area contributed by atoms with Crippen molar-refractivity contribution in [3.8, 4) is 0 Å². The maximum atomic E-state index is 12.5. The van der Waals surface area contributed by atoms with Gasteiger partial charge in [0.05, 0.1) is 0 Å². The summed E-state index contributed by atoms with van der Waals surface area (Å²) >= 11 is 0. The van der Waals surface area contributed by atoms with Gasteiger partial charge in [-0.05, 0) is 32.1 Å². The number of hydrogen-bond acceptors (Lipinski definition) is 4. The van der Waals surface area contributed by atoms with Crippen molar-refractivity contribution in [3.63, 3.8) is 0 Å². The average Bonchev–Trinajstić information content (AvgIpc) is 3.05. The number of alkyl halides is 3. The van der Waals surface area contributed by atoms with E-state index in [1.54, 1.807) is 4.90 Å². The molecule has 5 nitrogen and oxygen atoms in total. The molecule has 8 heteroatoms. The van der Waals surface area contributed by atoms with E-state index in [0.29, 0.717) is 25.9 Å². The minimum absolute atomic E-state index is 0.0185.